The highest BCUT2D eigenvalue weighted by Gasteiger charge is 2.31. The van der Waals surface area contributed by atoms with Gasteiger partial charge in [0.15, 0.2) is 29.0 Å². The molecule has 0 amide bonds. The van der Waals surface area contributed by atoms with Crippen LogP contribution in [0.4, 0.5) is 11.6 Å². The van der Waals surface area contributed by atoms with Crippen LogP contribution in [-0.2, 0) is 13.1 Å². The van der Waals surface area contributed by atoms with Crippen LogP contribution >= 0.6 is 0 Å². The van der Waals surface area contributed by atoms with Crippen molar-refractivity contribution in [3.8, 4) is 23.0 Å². The summed E-state index contributed by atoms with van der Waals surface area (Å²) in [4.78, 5) is 26.8. The number of anilines is 2. The first-order chi connectivity index (χ1) is 16.7. The molecular formula is C24H36N10. The number of unbranched alkanes of at least 4 members (excludes halogenated alkanes) is 1. The highest BCUT2D eigenvalue weighted by atomic mass is 15.2. The summed E-state index contributed by atoms with van der Waals surface area (Å²) in [6.07, 6.45) is 11.1. The molecule has 4 heterocycles. The lowest BCUT2D eigenvalue weighted by molar-refractivity contribution is 0.618. The van der Waals surface area contributed by atoms with Gasteiger partial charge in [-0.15, -0.1) is 0 Å². The van der Waals surface area contributed by atoms with Crippen LogP contribution in [0.15, 0.2) is 19.0 Å². The number of imidazole rings is 2. The van der Waals surface area contributed by atoms with Crippen LogP contribution in [0.5, 0.6) is 0 Å². The summed E-state index contributed by atoms with van der Waals surface area (Å²) >= 11 is 0. The van der Waals surface area contributed by atoms with E-state index in [2.05, 4.69) is 55.9 Å². The predicted molar refractivity (Wildman–Crippen MR) is 134 cm³/mol. The molecule has 1 saturated carbocycles. The molecule has 0 unspecified atom stereocenters. The summed E-state index contributed by atoms with van der Waals surface area (Å²) in [6.45, 7) is 12.0. The van der Waals surface area contributed by atoms with E-state index in [0.29, 0.717) is 5.92 Å². The molecule has 0 spiro atoms. The molecule has 10 nitrogen and oxygen atoms in total. The lowest BCUT2D eigenvalue weighted by atomic mass is 10.3. The van der Waals surface area contributed by atoms with Gasteiger partial charge in [0.05, 0.1) is 12.7 Å². The molecule has 1 fully saturated rings. The number of aromatic nitrogens is 8. The lowest BCUT2D eigenvalue weighted by Crippen LogP contribution is -2.10. The Hall–Kier alpha value is -3.30. The maximum atomic E-state index is 4.74. The lowest BCUT2D eigenvalue weighted by Gasteiger charge is -2.12. The summed E-state index contributed by atoms with van der Waals surface area (Å²) in [6, 6.07) is 0. The van der Waals surface area contributed by atoms with E-state index < -0.39 is 0 Å². The maximum absolute atomic E-state index is 4.74. The molecule has 10 heteroatoms. The third-order valence-corrected chi connectivity index (χ3v) is 5.73. The van der Waals surface area contributed by atoms with Crippen molar-refractivity contribution in [2.24, 2.45) is 0 Å². The number of aryl methyl sites for hydroxylation is 2. The van der Waals surface area contributed by atoms with Crippen LogP contribution in [0.1, 0.15) is 71.5 Å². The highest BCUT2D eigenvalue weighted by Crippen LogP contribution is 2.40. The summed E-state index contributed by atoms with van der Waals surface area (Å²) in [5.74, 6) is 5.17. The van der Waals surface area contributed by atoms with E-state index >= 15 is 0 Å². The zero-order chi connectivity index (χ0) is 23.9. The molecule has 4 aliphatic heterocycles. The Kier molecular flexibility index (Phi) is 7.87. The van der Waals surface area contributed by atoms with E-state index in [4.69, 9.17) is 9.97 Å². The quantitative estimate of drug-likeness (QED) is 0.353. The molecule has 0 aromatic rings. The van der Waals surface area contributed by atoms with E-state index in [1.807, 2.05) is 24.1 Å². The highest BCUT2D eigenvalue weighted by molar-refractivity contribution is 5.68. The molecule has 2 N–H and O–H groups in total. The summed E-state index contributed by atoms with van der Waals surface area (Å²) in [7, 11) is 0. The molecule has 0 aromatic carbocycles. The summed E-state index contributed by atoms with van der Waals surface area (Å²) < 4.78 is 4.17. The molecule has 0 aromatic heterocycles. The first-order valence-corrected chi connectivity index (χ1v) is 12.6. The number of rotatable bonds is 10. The minimum atomic E-state index is 0.585. The van der Waals surface area contributed by atoms with Crippen molar-refractivity contribution in [1.82, 2.24) is 39.0 Å². The molecule has 0 atom stereocenters. The number of hydrogen-bond acceptors (Lipinski definition) is 8. The van der Waals surface area contributed by atoms with Crippen LogP contribution in [0.25, 0.3) is 23.0 Å². The summed E-state index contributed by atoms with van der Waals surface area (Å²) in [5, 5.41) is 6.46. The standard InChI is InChI=1S/C14H21N5.C10H15N5/c1-3-5-8-19-9-16-13(15-4-2)11-14(19)18-12(17-11)10-6-7-10;1-3-5-15-7-14-9(11-4-2)8-10(15)13-6-12-8/h9-10,15H,3-8H2,1-2H3;6-7,11H,3-5H2,1-2H3. The fraction of sp³-hybridized carbons (Fsp3) is 0.583. The predicted octanol–water partition coefficient (Wildman–Crippen LogP) is 4.51. The average Bonchev–Trinajstić information content (AvgIpc) is 3.39. The zero-order valence-corrected chi connectivity index (χ0v) is 20.8. The summed E-state index contributed by atoms with van der Waals surface area (Å²) in [5.41, 5.74) is 1.79. The van der Waals surface area contributed by atoms with E-state index in [9.17, 15) is 0 Å². The Balaban J connectivity index is 0.000000166. The van der Waals surface area contributed by atoms with Crippen molar-refractivity contribution < 1.29 is 0 Å². The first kappa shape index (κ1) is 23.8. The zero-order valence-electron chi connectivity index (χ0n) is 20.8. The van der Waals surface area contributed by atoms with Gasteiger partial charge >= 0.3 is 0 Å². The van der Waals surface area contributed by atoms with Crippen LogP contribution in [0.3, 0.4) is 0 Å². The van der Waals surface area contributed by atoms with Crippen molar-refractivity contribution in [3.63, 3.8) is 0 Å². The monoisotopic (exact) mass is 464 g/mol. The third-order valence-electron chi connectivity index (χ3n) is 5.73. The minimum Gasteiger partial charge on any atom is -0.368 e. The van der Waals surface area contributed by atoms with Gasteiger partial charge in [0.25, 0.3) is 0 Å². The second kappa shape index (κ2) is 11.2. The van der Waals surface area contributed by atoms with Gasteiger partial charge < -0.3 is 19.8 Å². The van der Waals surface area contributed by atoms with Crippen LogP contribution < -0.4 is 10.6 Å². The van der Waals surface area contributed by atoms with Crippen molar-refractivity contribution in [2.75, 3.05) is 23.7 Å². The number of hydrogen-bond donors (Lipinski definition) is 2. The second-order valence-corrected chi connectivity index (χ2v) is 8.56. The topological polar surface area (TPSA) is 111 Å². The normalized spacial score (nSPS) is 13.2. The fourth-order valence-corrected chi connectivity index (χ4v) is 3.85. The van der Waals surface area contributed by atoms with Gasteiger partial charge in [-0.25, -0.2) is 29.9 Å². The van der Waals surface area contributed by atoms with Gasteiger partial charge in [0, 0.05) is 32.1 Å². The molecule has 0 saturated heterocycles. The molecule has 182 valence electrons. The Bertz CT molecular complexity index is 1080. The Morgan fingerprint density at radius 3 is 2.06 bits per heavy atom. The number of nitrogens with one attached hydrogen (secondary N) is 2. The number of fused-ring (bicyclic) bond motifs is 2. The SMILES string of the molecule is CCCCn1cnc(NCC)c2nc(C3CC3)nc1-2.CCCn1cnc(NCC)c2ncnc1-2. The van der Waals surface area contributed by atoms with Crippen molar-refractivity contribution in [1.29, 1.82) is 0 Å². The molecule has 5 aliphatic rings. The average molecular weight is 465 g/mol. The van der Waals surface area contributed by atoms with Gasteiger partial charge in [-0.05, 0) is 39.5 Å². The Morgan fingerprint density at radius 1 is 0.765 bits per heavy atom. The van der Waals surface area contributed by atoms with Crippen molar-refractivity contribution in [3.05, 3.63) is 24.8 Å². The van der Waals surface area contributed by atoms with Gasteiger partial charge in [0.1, 0.15) is 17.8 Å². The van der Waals surface area contributed by atoms with Crippen LogP contribution in [-0.4, -0.2) is 52.1 Å². The maximum Gasteiger partial charge on any atom is 0.165 e. The molecule has 5 rings (SSSR count). The van der Waals surface area contributed by atoms with Crippen LogP contribution in [0, 0.1) is 0 Å². The molecular weight excluding hydrogens is 428 g/mol. The fourth-order valence-electron chi connectivity index (χ4n) is 3.85. The van der Waals surface area contributed by atoms with Gasteiger partial charge in [-0.1, -0.05) is 20.3 Å². The van der Waals surface area contributed by atoms with E-state index in [0.717, 1.165) is 79.5 Å². The van der Waals surface area contributed by atoms with Crippen molar-refractivity contribution in [2.45, 2.75) is 78.8 Å². The smallest absolute Gasteiger partial charge is 0.165 e. The second-order valence-electron chi connectivity index (χ2n) is 8.56. The largest absolute Gasteiger partial charge is 0.368 e. The van der Waals surface area contributed by atoms with Gasteiger partial charge in [-0.3, -0.25) is 0 Å². The van der Waals surface area contributed by atoms with Crippen molar-refractivity contribution >= 4 is 11.6 Å². The molecule has 1 aliphatic carbocycles. The molecule has 0 radical (unpaired) electrons. The minimum absolute atomic E-state index is 0.585. The Morgan fingerprint density at radius 2 is 1.44 bits per heavy atom. The molecule has 34 heavy (non-hydrogen) atoms. The van der Waals surface area contributed by atoms with Crippen LogP contribution in [0.2, 0.25) is 0 Å². The first-order valence-electron chi connectivity index (χ1n) is 12.6. The van der Waals surface area contributed by atoms with E-state index in [1.54, 1.807) is 6.33 Å². The van der Waals surface area contributed by atoms with Gasteiger partial charge in [0.2, 0.25) is 0 Å². The Labute approximate surface area is 201 Å². The van der Waals surface area contributed by atoms with E-state index in [1.165, 1.54) is 19.3 Å². The third kappa shape index (κ3) is 5.26. The number of nitrogens with zero attached hydrogens (tertiary/aromatic N) is 8. The van der Waals surface area contributed by atoms with E-state index in [-0.39, 0.29) is 0 Å². The molecule has 0 bridgehead atoms. The van der Waals surface area contributed by atoms with Gasteiger partial charge in [-0.2, -0.15) is 0 Å².